The van der Waals surface area contributed by atoms with Crippen molar-refractivity contribution in [3.8, 4) is 0 Å². The van der Waals surface area contributed by atoms with E-state index in [2.05, 4.69) is 9.97 Å². The van der Waals surface area contributed by atoms with Gasteiger partial charge in [0.2, 0.25) is 0 Å². The first-order valence-corrected chi connectivity index (χ1v) is 3.55. The molecule has 68 valence electrons. The van der Waals surface area contributed by atoms with Gasteiger partial charge in [0, 0.05) is 0 Å². The van der Waals surface area contributed by atoms with Crippen LogP contribution in [0.5, 0.6) is 0 Å². The maximum atomic E-state index is 5.49. The van der Waals surface area contributed by atoms with Crippen LogP contribution in [0.3, 0.4) is 0 Å². The van der Waals surface area contributed by atoms with E-state index in [4.69, 9.17) is 11.5 Å². The summed E-state index contributed by atoms with van der Waals surface area (Å²) in [6.45, 7) is 0. The lowest BCUT2D eigenvalue weighted by Gasteiger charge is -1.99. The molecule has 0 radical (unpaired) electrons. The van der Waals surface area contributed by atoms with Gasteiger partial charge in [0.25, 0.3) is 0 Å². The molecular weight excluding hydrogens is 164 g/mol. The van der Waals surface area contributed by atoms with Gasteiger partial charge in [0.1, 0.15) is 0 Å². The van der Waals surface area contributed by atoms with Crippen molar-refractivity contribution in [1.82, 2.24) is 9.97 Å². The Morgan fingerprint density at radius 1 is 0.846 bits per heavy atom. The summed E-state index contributed by atoms with van der Waals surface area (Å²) in [5, 5.41) is 0. The summed E-state index contributed by atoms with van der Waals surface area (Å²) in [7, 11) is 0. The molecule has 2 aromatic rings. The number of hydrogen-bond acceptors (Lipinski definition) is 4. The van der Waals surface area contributed by atoms with E-state index in [9.17, 15) is 0 Å². The normalized spacial score (nSPS) is 9.54. The molecule has 1 aromatic heterocycles. The second-order valence-electron chi connectivity index (χ2n) is 2.48. The van der Waals surface area contributed by atoms with Gasteiger partial charge in [-0.15, -0.1) is 0 Å². The molecule has 2 rings (SSSR count). The van der Waals surface area contributed by atoms with Gasteiger partial charge in [-0.25, -0.2) is 9.97 Å². The van der Waals surface area contributed by atoms with E-state index >= 15 is 0 Å². The zero-order valence-electron chi connectivity index (χ0n) is 6.36. The Kier molecular flexibility index (Phi) is 2.32. The molecule has 0 spiro atoms. The average Bonchev–Trinajstić information content (AvgIpc) is 2.07. The first-order chi connectivity index (χ1) is 5.77. The highest BCUT2D eigenvalue weighted by Crippen LogP contribution is 2.14. The molecule has 0 aliphatic heterocycles. The van der Waals surface area contributed by atoms with Crippen LogP contribution in [0.1, 0.15) is 7.43 Å². The molecule has 1 heterocycles. The van der Waals surface area contributed by atoms with Gasteiger partial charge in [-0.1, -0.05) is 19.6 Å². The zero-order valence-corrected chi connectivity index (χ0v) is 6.36. The fraction of sp³-hybridized carbons (Fsp3) is 0.111. The molecular formula is C9H12N4. The molecule has 4 nitrogen and oxygen atoms in total. The number of rotatable bonds is 0. The average molecular weight is 176 g/mol. The summed E-state index contributed by atoms with van der Waals surface area (Å²) in [6.07, 6.45) is 0. The topological polar surface area (TPSA) is 77.8 Å². The third-order valence-corrected chi connectivity index (χ3v) is 1.63. The first-order valence-electron chi connectivity index (χ1n) is 3.55. The number of fused-ring (bicyclic) bond motifs is 1. The van der Waals surface area contributed by atoms with Crippen molar-refractivity contribution in [2.75, 3.05) is 11.5 Å². The third kappa shape index (κ3) is 1.51. The summed E-state index contributed by atoms with van der Waals surface area (Å²) in [4.78, 5) is 8.13. The Hall–Kier alpha value is -1.84. The molecule has 0 aliphatic carbocycles. The Balaban J connectivity index is 0.000000845. The number of hydrogen-bond donors (Lipinski definition) is 2. The van der Waals surface area contributed by atoms with Crippen molar-refractivity contribution in [2.24, 2.45) is 0 Å². The van der Waals surface area contributed by atoms with Crippen LogP contribution in [-0.4, -0.2) is 9.97 Å². The Morgan fingerprint density at radius 2 is 1.23 bits per heavy atom. The second-order valence-corrected chi connectivity index (χ2v) is 2.48. The minimum absolute atomic E-state index is 0. The summed E-state index contributed by atoms with van der Waals surface area (Å²) in [5.74, 6) is 0.572. The predicted octanol–water partition coefficient (Wildman–Crippen LogP) is 1.43. The lowest BCUT2D eigenvalue weighted by molar-refractivity contribution is 1.31. The van der Waals surface area contributed by atoms with Crippen molar-refractivity contribution in [3.63, 3.8) is 0 Å². The van der Waals surface area contributed by atoms with Gasteiger partial charge in [-0.3, -0.25) is 0 Å². The number of anilines is 2. The fourth-order valence-electron chi connectivity index (χ4n) is 1.03. The molecule has 0 amide bonds. The highest BCUT2D eigenvalue weighted by molar-refractivity contribution is 5.78. The number of nitrogen functional groups attached to an aromatic ring is 2. The van der Waals surface area contributed by atoms with Crippen molar-refractivity contribution in [1.29, 1.82) is 0 Å². The standard InChI is InChI=1S/C8H8N4.CH4/c9-7-8(10)12-6-4-2-1-3-5(6)11-7;/h1-4H,(H2,9,11)(H2,10,12);1H4. The fourth-order valence-corrected chi connectivity index (χ4v) is 1.03. The number of aromatic nitrogens is 2. The van der Waals surface area contributed by atoms with Crippen LogP contribution in [0.4, 0.5) is 11.6 Å². The van der Waals surface area contributed by atoms with Gasteiger partial charge in [0.15, 0.2) is 11.6 Å². The number of nitrogens with two attached hydrogens (primary N) is 2. The molecule has 1 aromatic carbocycles. The summed E-state index contributed by atoms with van der Waals surface area (Å²) < 4.78 is 0. The third-order valence-electron chi connectivity index (χ3n) is 1.63. The number of nitrogens with zero attached hydrogens (tertiary/aromatic N) is 2. The zero-order chi connectivity index (χ0) is 8.55. The lowest BCUT2D eigenvalue weighted by atomic mass is 10.3. The minimum atomic E-state index is 0. The van der Waals surface area contributed by atoms with E-state index in [0.717, 1.165) is 11.0 Å². The van der Waals surface area contributed by atoms with Crippen LogP contribution < -0.4 is 11.5 Å². The van der Waals surface area contributed by atoms with Crippen LogP contribution in [0, 0.1) is 0 Å². The van der Waals surface area contributed by atoms with Gasteiger partial charge < -0.3 is 11.5 Å². The van der Waals surface area contributed by atoms with Gasteiger partial charge in [0.05, 0.1) is 11.0 Å². The van der Waals surface area contributed by atoms with Crippen molar-refractivity contribution in [3.05, 3.63) is 24.3 Å². The van der Waals surface area contributed by atoms with Gasteiger partial charge in [-0.2, -0.15) is 0 Å². The van der Waals surface area contributed by atoms with Crippen LogP contribution in [-0.2, 0) is 0 Å². The lowest BCUT2D eigenvalue weighted by Crippen LogP contribution is -2.00. The van der Waals surface area contributed by atoms with Gasteiger partial charge in [-0.05, 0) is 12.1 Å². The van der Waals surface area contributed by atoms with E-state index in [0.29, 0.717) is 0 Å². The van der Waals surface area contributed by atoms with E-state index in [1.165, 1.54) is 0 Å². The quantitative estimate of drug-likeness (QED) is 0.636. The molecule has 4 heteroatoms. The highest BCUT2D eigenvalue weighted by atomic mass is 15.0. The van der Waals surface area contributed by atoms with Crippen LogP contribution in [0.15, 0.2) is 24.3 Å². The van der Waals surface area contributed by atoms with E-state index in [1.54, 1.807) is 0 Å². The minimum Gasteiger partial charge on any atom is -0.381 e. The number of benzene rings is 1. The first kappa shape index (κ1) is 9.25. The van der Waals surface area contributed by atoms with E-state index in [-0.39, 0.29) is 19.1 Å². The molecule has 13 heavy (non-hydrogen) atoms. The molecule has 0 atom stereocenters. The van der Waals surface area contributed by atoms with E-state index in [1.807, 2.05) is 24.3 Å². The van der Waals surface area contributed by atoms with Crippen LogP contribution in [0.25, 0.3) is 11.0 Å². The van der Waals surface area contributed by atoms with Crippen LogP contribution >= 0.6 is 0 Å². The molecule has 4 N–H and O–H groups in total. The van der Waals surface area contributed by atoms with Crippen molar-refractivity contribution < 1.29 is 0 Å². The SMILES string of the molecule is C.Nc1nc2ccccc2nc1N. The van der Waals surface area contributed by atoms with Crippen LogP contribution in [0.2, 0.25) is 0 Å². The molecule has 0 saturated carbocycles. The highest BCUT2D eigenvalue weighted by Gasteiger charge is 1.99. The summed E-state index contributed by atoms with van der Waals surface area (Å²) in [6, 6.07) is 7.45. The molecule has 0 unspecified atom stereocenters. The van der Waals surface area contributed by atoms with Crippen molar-refractivity contribution >= 4 is 22.7 Å². The predicted molar refractivity (Wildman–Crippen MR) is 55.1 cm³/mol. The Labute approximate surface area is 76.6 Å². The summed E-state index contributed by atoms with van der Waals surface area (Å²) >= 11 is 0. The van der Waals surface area contributed by atoms with Crippen molar-refractivity contribution in [2.45, 2.75) is 7.43 Å². The largest absolute Gasteiger partial charge is 0.381 e. The smallest absolute Gasteiger partial charge is 0.166 e. The van der Waals surface area contributed by atoms with Gasteiger partial charge >= 0.3 is 0 Å². The molecule has 0 bridgehead atoms. The number of para-hydroxylation sites is 2. The molecule has 0 saturated heterocycles. The van der Waals surface area contributed by atoms with E-state index < -0.39 is 0 Å². The summed E-state index contributed by atoms with van der Waals surface area (Å²) in [5.41, 5.74) is 12.5. The molecule has 0 fully saturated rings. The maximum Gasteiger partial charge on any atom is 0.166 e. The monoisotopic (exact) mass is 176 g/mol. The Morgan fingerprint density at radius 3 is 1.62 bits per heavy atom. The second kappa shape index (κ2) is 3.26. The maximum absolute atomic E-state index is 5.49. The molecule has 0 aliphatic rings. The Bertz CT molecular complexity index is 384.